The lowest BCUT2D eigenvalue weighted by atomic mass is 10.5. The molecule has 0 fully saturated rings. The van der Waals surface area contributed by atoms with E-state index in [9.17, 15) is 0 Å². The second-order valence-corrected chi connectivity index (χ2v) is 2.94. The lowest BCUT2D eigenvalue weighted by Gasteiger charge is -1.95. The maximum absolute atomic E-state index is 5.59. The molecule has 0 saturated heterocycles. The molecular weight excluding hydrogens is 174 g/mol. The summed E-state index contributed by atoms with van der Waals surface area (Å²) in [6.07, 6.45) is 5.06. The number of imidazole rings is 1. The van der Waals surface area contributed by atoms with Crippen molar-refractivity contribution in [2.75, 3.05) is 12.0 Å². The van der Waals surface area contributed by atoms with Gasteiger partial charge in [-0.3, -0.25) is 3.97 Å². The summed E-state index contributed by atoms with van der Waals surface area (Å²) in [5.74, 6) is 0.424. The molecule has 2 aromatic rings. The molecule has 6 heteroatoms. The van der Waals surface area contributed by atoms with Crippen LogP contribution in [0, 0.1) is 0 Å². The largest absolute Gasteiger partial charge is 0.382 e. The topological polar surface area (TPSA) is 69.6 Å². The molecule has 2 heterocycles. The van der Waals surface area contributed by atoms with E-state index in [0.717, 1.165) is 5.65 Å². The monoisotopic (exact) mass is 181 g/mol. The number of hydrogen-bond acceptors (Lipinski definition) is 5. The molecule has 0 unspecified atom stereocenters. The number of anilines is 1. The fourth-order valence-corrected chi connectivity index (χ4v) is 1.41. The molecule has 0 aliphatic heterocycles. The molecule has 0 atom stereocenters. The molecule has 2 aromatic heterocycles. The minimum absolute atomic E-state index is 0.424. The first-order valence-electron chi connectivity index (χ1n) is 3.31. The first-order valence-corrected chi connectivity index (χ1v) is 4.49. The van der Waals surface area contributed by atoms with E-state index < -0.39 is 0 Å². The van der Waals surface area contributed by atoms with Crippen molar-refractivity contribution in [3.8, 4) is 0 Å². The molecule has 0 aliphatic rings. The predicted molar refractivity (Wildman–Crippen MR) is 48.6 cm³/mol. The van der Waals surface area contributed by atoms with Crippen molar-refractivity contribution in [2.24, 2.45) is 0 Å². The Morgan fingerprint density at radius 3 is 3.00 bits per heavy atom. The van der Waals surface area contributed by atoms with Crippen molar-refractivity contribution >= 4 is 28.9 Å². The Labute approximate surface area is 73.2 Å². The zero-order valence-corrected chi connectivity index (χ0v) is 7.25. The summed E-state index contributed by atoms with van der Waals surface area (Å²) in [6.45, 7) is 0. The summed E-state index contributed by atoms with van der Waals surface area (Å²) >= 11 is 1.52. The first kappa shape index (κ1) is 7.35. The lowest BCUT2D eigenvalue weighted by molar-refractivity contribution is 1.18. The van der Waals surface area contributed by atoms with E-state index in [2.05, 4.69) is 15.0 Å². The van der Waals surface area contributed by atoms with Gasteiger partial charge in [-0.05, 0) is 11.9 Å². The third-order valence-corrected chi connectivity index (χ3v) is 2.19. The standard InChI is InChI=1S/C6H7N5S/c1-12-11-3-10-4-5(7)8-2-9-6(4)11/h2-3H,1H3,(H2,7,8,9). The molecule has 0 aliphatic carbocycles. The van der Waals surface area contributed by atoms with E-state index >= 15 is 0 Å². The van der Waals surface area contributed by atoms with Crippen molar-refractivity contribution in [3.63, 3.8) is 0 Å². The van der Waals surface area contributed by atoms with Gasteiger partial charge < -0.3 is 5.73 Å². The van der Waals surface area contributed by atoms with E-state index in [4.69, 9.17) is 5.73 Å². The molecular formula is C6H7N5S. The maximum atomic E-state index is 5.59. The second-order valence-electron chi connectivity index (χ2n) is 2.18. The Morgan fingerprint density at radius 1 is 1.42 bits per heavy atom. The van der Waals surface area contributed by atoms with Gasteiger partial charge in [0.2, 0.25) is 0 Å². The third-order valence-electron chi connectivity index (χ3n) is 1.53. The van der Waals surface area contributed by atoms with Gasteiger partial charge >= 0.3 is 0 Å². The summed E-state index contributed by atoms with van der Waals surface area (Å²) in [5.41, 5.74) is 7.01. The number of aromatic nitrogens is 4. The van der Waals surface area contributed by atoms with Gasteiger partial charge in [-0.25, -0.2) is 15.0 Å². The molecule has 62 valence electrons. The van der Waals surface area contributed by atoms with Crippen LogP contribution in [0.15, 0.2) is 12.7 Å². The van der Waals surface area contributed by atoms with Gasteiger partial charge in [0, 0.05) is 6.26 Å². The highest BCUT2D eigenvalue weighted by Crippen LogP contribution is 2.16. The fourth-order valence-electron chi connectivity index (χ4n) is 0.966. The van der Waals surface area contributed by atoms with Crippen LogP contribution in [-0.2, 0) is 0 Å². The number of nitrogen functional groups attached to an aromatic ring is 1. The highest BCUT2D eigenvalue weighted by Gasteiger charge is 2.05. The van der Waals surface area contributed by atoms with Crippen LogP contribution in [-0.4, -0.2) is 25.2 Å². The van der Waals surface area contributed by atoms with E-state index in [-0.39, 0.29) is 0 Å². The summed E-state index contributed by atoms with van der Waals surface area (Å²) < 4.78 is 1.84. The molecule has 0 amide bonds. The van der Waals surface area contributed by atoms with E-state index in [1.165, 1.54) is 18.3 Å². The summed E-state index contributed by atoms with van der Waals surface area (Å²) in [6, 6.07) is 0. The van der Waals surface area contributed by atoms with Gasteiger partial charge in [0.15, 0.2) is 17.0 Å². The van der Waals surface area contributed by atoms with E-state index in [1.54, 1.807) is 6.33 Å². The Bertz CT molecular complexity index is 409. The molecule has 2 rings (SSSR count). The summed E-state index contributed by atoms with van der Waals surface area (Å²) in [5, 5.41) is 0. The fraction of sp³-hybridized carbons (Fsp3) is 0.167. The summed E-state index contributed by atoms with van der Waals surface area (Å²) in [4.78, 5) is 12.0. The quantitative estimate of drug-likeness (QED) is 0.695. The number of fused-ring (bicyclic) bond motifs is 1. The normalized spacial score (nSPS) is 10.8. The minimum Gasteiger partial charge on any atom is -0.382 e. The average Bonchev–Trinajstić information content (AvgIpc) is 2.49. The van der Waals surface area contributed by atoms with Crippen molar-refractivity contribution in [3.05, 3.63) is 12.7 Å². The van der Waals surface area contributed by atoms with Crippen molar-refractivity contribution in [1.29, 1.82) is 0 Å². The van der Waals surface area contributed by atoms with E-state index in [0.29, 0.717) is 11.3 Å². The van der Waals surface area contributed by atoms with Crippen LogP contribution in [0.25, 0.3) is 11.2 Å². The molecule has 0 saturated carbocycles. The van der Waals surface area contributed by atoms with Gasteiger partial charge in [0.25, 0.3) is 0 Å². The van der Waals surface area contributed by atoms with Crippen LogP contribution in [0.3, 0.4) is 0 Å². The third kappa shape index (κ3) is 0.918. The summed E-state index contributed by atoms with van der Waals surface area (Å²) in [7, 11) is 0. The van der Waals surface area contributed by atoms with Crippen LogP contribution < -0.4 is 5.73 Å². The van der Waals surface area contributed by atoms with Crippen molar-refractivity contribution < 1.29 is 0 Å². The first-order chi connectivity index (χ1) is 5.83. The van der Waals surface area contributed by atoms with E-state index in [1.807, 2.05) is 10.2 Å². The number of hydrogen-bond donors (Lipinski definition) is 1. The predicted octanol–water partition coefficient (Wildman–Crippen LogP) is 0.535. The Morgan fingerprint density at radius 2 is 2.25 bits per heavy atom. The van der Waals surface area contributed by atoms with Crippen LogP contribution in [0.4, 0.5) is 5.82 Å². The highest BCUT2D eigenvalue weighted by molar-refractivity contribution is 7.97. The SMILES string of the molecule is CSn1cnc2c(N)ncnc21. The Kier molecular flexibility index (Phi) is 1.61. The van der Waals surface area contributed by atoms with Crippen molar-refractivity contribution in [1.82, 2.24) is 18.9 Å². The molecule has 12 heavy (non-hydrogen) atoms. The maximum Gasteiger partial charge on any atom is 0.175 e. The van der Waals surface area contributed by atoms with Gasteiger partial charge in [0.05, 0.1) is 0 Å². The number of nitrogens with two attached hydrogens (primary N) is 1. The zero-order valence-electron chi connectivity index (χ0n) is 6.43. The average molecular weight is 181 g/mol. The lowest BCUT2D eigenvalue weighted by Crippen LogP contribution is -1.93. The van der Waals surface area contributed by atoms with Gasteiger partial charge in [-0.1, -0.05) is 0 Å². The van der Waals surface area contributed by atoms with Crippen LogP contribution in [0.1, 0.15) is 0 Å². The molecule has 2 N–H and O–H groups in total. The molecule has 5 nitrogen and oxygen atoms in total. The molecule has 0 radical (unpaired) electrons. The van der Waals surface area contributed by atoms with Crippen LogP contribution in [0.2, 0.25) is 0 Å². The smallest absolute Gasteiger partial charge is 0.175 e. The molecule has 0 spiro atoms. The van der Waals surface area contributed by atoms with Crippen LogP contribution >= 0.6 is 11.9 Å². The number of nitrogens with zero attached hydrogens (tertiary/aromatic N) is 4. The minimum atomic E-state index is 0.424. The van der Waals surface area contributed by atoms with Crippen LogP contribution in [0.5, 0.6) is 0 Å². The zero-order chi connectivity index (χ0) is 8.55. The van der Waals surface area contributed by atoms with Crippen molar-refractivity contribution in [2.45, 2.75) is 0 Å². The molecule has 0 bridgehead atoms. The van der Waals surface area contributed by atoms with Gasteiger partial charge in [-0.2, -0.15) is 0 Å². The van der Waals surface area contributed by atoms with Gasteiger partial charge in [-0.15, -0.1) is 0 Å². The Hall–Kier alpha value is -1.30. The molecule has 0 aromatic carbocycles. The number of rotatable bonds is 1. The van der Waals surface area contributed by atoms with Gasteiger partial charge in [0.1, 0.15) is 12.7 Å². The highest BCUT2D eigenvalue weighted by atomic mass is 32.2. The Balaban J connectivity index is 2.80. The second kappa shape index (κ2) is 2.63.